The molecule has 0 aliphatic rings. The third kappa shape index (κ3) is 5.62. The number of nitrogens with one attached hydrogen (secondary N) is 2. The van der Waals surface area contributed by atoms with Crippen molar-refractivity contribution in [1.82, 2.24) is 25.4 Å². The SMILES string of the molecule is CN=C(NCCc1ccc(Cl)nc1)NCc1c(C)nn(C)c1C.I. The summed E-state index contributed by atoms with van der Waals surface area (Å²) in [5, 5.41) is 11.6. The minimum atomic E-state index is 0. The summed E-state index contributed by atoms with van der Waals surface area (Å²) in [5.41, 5.74) is 4.55. The average Bonchev–Trinajstić information content (AvgIpc) is 2.78. The Labute approximate surface area is 165 Å². The summed E-state index contributed by atoms with van der Waals surface area (Å²) in [6.07, 6.45) is 2.65. The van der Waals surface area contributed by atoms with Gasteiger partial charge in [0.25, 0.3) is 0 Å². The van der Waals surface area contributed by atoms with Crippen LogP contribution in [0.2, 0.25) is 5.15 Å². The van der Waals surface area contributed by atoms with Gasteiger partial charge in [0.05, 0.1) is 5.69 Å². The Balaban J connectivity index is 0.00000288. The summed E-state index contributed by atoms with van der Waals surface area (Å²) in [5.74, 6) is 0.773. The zero-order valence-corrected chi connectivity index (χ0v) is 17.5. The maximum atomic E-state index is 5.78. The fourth-order valence-corrected chi connectivity index (χ4v) is 2.46. The van der Waals surface area contributed by atoms with Crippen molar-refractivity contribution in [2.75, 3.05) is 13.6 Å². The molecule has 2 aromatic rings. The standard InChI is InChI=1S/C16H23ClN6.HI/c1-11-14(12(2)23(4)22-11)10-21-16(18-3)19-8-7-13-5-6-15(17)20-9-13;/h5-6,9H,7-8,10H2,1-4H3,(H2,18,19,21);1H. The second-order valence-corrected chi connectivity index (χ2v) is 5.75. The number of halogens is 2. The first-order valence-corrected chi connectivity index (χ1v) is 7.93. The van der Waals surface area contributed by atoms with E-state index in [1.807, 2.05) is 24.7 Å². The van der Waals surface area contributed by atoms with Gasteiger partial charge in [-0.1, -0.05) is 17.7 Å². The Hall–Kier alpha value is -1.35. The van der Waals surface area contributed by atoms with Gasteiger partial charge in [-0.25, -0.2) is 4.98 Å². The lowest BCUT2D eigenvalue weighted by atomic mass is 10.2. The summed E-state index contributed by atoms with van der Waals surface area (Å²) in [6.45, 7) is 5.57. The lowest BCUT2D eigenvalue weighted by Gasteiger charge is -2.12. The highest BCUT2D eigenvalue weighted by molar-refractivity contribution is 14.0. The Morgan fingerprint density at radius 3 is 2.58 bits per heavy atom. The number of aromatic nitrogens is 3. The van der Waals surface area contributed by atoms with Gasteiger partial charge in [-0.3, -0.25) is 9.67 Å². The predicted octanol–water partition coefficient (Wildman–Crippen LogP) is 2.61. The predicted molar refractivity (Wildman–Crippen MR) is 109 cm³/mol. The van der Waals surface area contributed by atoms with Crippen LogP contribution in [0, 0.1) is 13.8 Å². The van der Waals surface area contributed by atoms with Crippen molar-refractivity contribution >= 4 is 41.5 Å². The van der Waals surface area contributed by atoms with E-state index >= 15 is 0 Å². The molecule has 2 rings (SSSR count). The van der Waals surface area contributed by atoms with Gasteiger partial charge in [-0.15, -0.1) is 24.0 Å². The van der Waals surface area contributed by atoms with Crippen LogP contribution in [0.1, 0.15) is 22.5 Å². The first kappa shape index (κ1) is 20.7. The van der Waals surface area contributed by atoms with E-state index in [1.54, 1.807) is 19.3 Å². The molecule has 0 saturated heterocycles. The van der Waals surface area contributed by atoms with Gasteiger partial charge in [0.1, 0.15) is 5.15 Å². The number of hydrogen-bond donors (Lipinski definition) is 2. The molecule has 0 fully saturated rings. The van der Waals surface area contributed by atoms with Gasteiger partial charge in [-0.2, -0.15) is 5.10 Å². The van der Waals surface area contributed by atoms with Crippen LogP contribution in [0.3, 0.4) is 0 Å². The molecule has 6 nitrogen and oxygen atoms in total. The fourth-order valence-electron chi connectivity index (χ4n) is 2.35. The van der Waals surface area contributed by atoms with Crippen LogP contribution in [-0.4, -0.2) is 34.3 Å². The van der Waals surface area contributed by atoms with Crippen LogP contribution in [0.25, 0.3) is 0 Å². The van der Waals surface area contributed by atoms with E-state index in [0.29, 0.717) is 11.7 Å². The fraction of sp³-hybridized carbons (Fsp3) is 0.438. The molecule has 0 atom stereocenters. The highest BCUT2D eigenvalue weighted by Gasteiger charge is 2.09. The molecule has 24 heavy (non-hydrogen) atoms. The van der Waals surface area contributed by atoms with E-state index in [4.69, 9.17) is 11.6 Å². The molecule has 2 N–H and O–H groups in total. The van der Waals surface area contributed by atoms with Gasteiger partial charge in [0.2, 0.25) is 0 Å². The molecule has 0 aliphatic carbocycles. The summed E-state index contributed by atoms with van der Waals surface area (Å²) >= 11 is 5.78. The van der Waals surface area contributed by atoms with Crippen molar-refractivity contribution in [1.29, 1.82) is 0 Å². The van der Waals surface area contributed by atoms with Gasteiger partial charge < -0.3 is 10.6 Å². The van der Waals surface area contributed by atoms with Crippen LogP contribution in [0.4, 0.5) is 0 Å². The second kappa shape index (κ2) is 9.83. The summed E-state index contributed by atoms with van der Waals surface area (Å²) in [6, 6.07) is 3.79. The van der Waals surface area contributed by atoms with Crippen molar-refractivity contribution in [3.05, 3.63) is 46.0 Å². The first-order valence-electron chi connectivity index (χ1n) is 7.55. The van der Waals surface area contributed by atoms with E-state index < -0.39 is 0 Å². The van der Waals surface area contributed by atoms with E-state index in [9.17, 15) is 0 Å². The van der Waals surface area contributed by atoms with Crippen LogP contribution >= 0.6 is 35.6 Å². The monoisotopic (exact) mass is 462 g/mol. The van der Waals surface area contributed by atoms with Crippen molar-refractivity contribution in [2.24, 2.45) is 12.0 Å². The van der Waals surface area contributed by atoms with Crippen molar-refractivity contribution < 1.29 is 0 Å². The molecule has 0 aliphatic heterocycles. The lowest BCUT2D eigenvalue weighted by Crippen LogP contribution is -2.38. The zero-order chi connectivity index (χ0) is 16.8. The second-order valence-electron chi connectivity index (χ2n) is 5.36. The normalized spacial score (nSPS) is 11.1. The Morgan fingerprint density at radius 2 is 2.04 bits per heavy atom. The van der Waals surface area contributed by atoms with Crippen LogP contribution in [-0.2, 0) is 20.0 Å². The number of aryl methyl sites for hydroxylation is 2. The summed E-state index contributed by atoms with van der Waals surface area (Å²) < 4.78 is 1.90. The van der Waals surface area contributed by atoms with Crippen LogP contribution in [0.15, 0.2) is 23.3 Å². The van der Waals surface area contributed by atoms with E-state index in [1.165, 1.54) is 5.56 Å². The molecular weight excluding hydrogens is 439 g/mol. The molecule has 0 amide bonds. The minimum Gasteiger partial charge on any atom is -0.356 e. The third-order valence-corrected chi connectivity index (χ3v) is 4.03. The van der Waals surface area contributed by atoms with E-state index in [-0.39, 0.29) is 24.0 Å². The molecule has 8 heteroatoms. The number of rotatable bonds is 5. The maximum Gasteiger partial charge on any atom is 0.191 e. The van der Waals surface area contributed by atoms with Crippen LogP contribution in [0.5, 0.6) is 0 Å². The maximum absolute atomic E-state index is 5.78. The highest BCUT2D eigenvalue weighted by Crippen LogP contribution is 2.11. The van der Waals surface area contributed by atoms with Crippen LogP contribution < -0.4 is 10.6 Å². The molecule has 0 aromatic carbocycles. The van der Waals surface area contributed by atoms with Gasteiger partial charge >= 0.3 is 0 Å². The quantitative estimate of drug-likeness (QED) is 0.310. The summed E-state index contributed by atoms with van der Waals surface area (Å²) in [4.78, 5) is 8.32. The molecule has 0 saturated carbocycles. The third-order valence-electron chi connectivity index (χ3n) is 3.81. The summed E-state index contributed by atoms with van der Waals surface area (Å²) in [7, 11) is 3.72. The Morgan fingerprint density at radius 1 is 1.29 bits per heavy atom. The number of hydrogen-bond acceptors (Lipinski definition) is 3. The van der Waals surface area contributed by atoms with Crippen molar-refractivity contribution in [3.8, 4) is 0 Å². The van der Waals surface area contributed by atoms with Gasteiger partial charge in [-0.05, 0) is 31.9 Å². The number of aliphatic imine (C=N–C) groups is 1. The smallest absolute Gasteiger partial charge is 0.191 e. The van der Waals surface area contributed by atoms with Crippen molar-refractivity contribution in [2.45, 2.75) is 26.8 Å². The average molecular weight is 463 g/mol. The molecule has 2 aromatic heterocycles. The topological polar surface area (TPSA) is 67.1 Å². The van der Waals surface area contributed by atoms with E-state index in [2.05, 4.69) is 32.6 Å². The molecule has 0 spiro atoms. The largest absolute Gasteiger partial charge is 0.356 e. The number of nitrogens with zero attached hydrogens (tertiary/aromatic N) is 4. The zero-order valence-electron chi connectivity index (χ0n) is 14.4. The molecule has 0 unspecified atom stereocenters. The minimum absolute atomic E-state index is 0. The van der Waals surface area contributed by atoms with E-state index in [0.717, 1.165) is 35.9 Å². The first-order chi connectivity index (χ1) is 11.0. The molecule has 0 radical (unpaired) electrons. The Kier molecular flexibility index (Phi) is 8.47. The molecular formula is C16H24ClIN6. The molecule has 132 valence electrons. The molecule has 0 bridgehead atoms. The van der Waals surface area contributed by atoms with Gasteiger partial charge in [0, 0.05) is 44.6 Å². The van der Waals surface area contributed by atoms with Gasteiger partial charge in [0.15, 0.2) is 5.96 Å². The molecule has 2 heterocycles. The van der Waals surface area contributed by atoms with Crippen molar-refractivity contribution in [3.63, 3.8) is 0 Å². The number of pyridine rings is 1. The Bertz CT molecular complexity index is 681. The highest BCUT2D eigenvalue weighted by atomic mass is 127. The number of guanidine groups is 1. The lowest BCUT2D eigenvalue weighted by molar-refractivity contribution is 0.728.